The summed E-state index contributed by atoms with van der Waals surface area (Å²) in [5, 5.41) is 5.45. The van der Waals surface area contributed by atoms with Crippen molar-refractivity contribution in [2.45, 2.75) is 49.9 Å². The molecule has 0 bridgehead atoms. The van der Waals surface area contributed by atoms with Gasteiger partial charge in [-0.15, -0.1) is 22.7 Å². The first-order chi connectivity index (χ1) is 30.3. The molecule has 4 aliphatic heterocycles. The number of rotatable bonds is 11. The van der Waals surface area contributed by atoms with Crippen LogP contribution in [0.1, 0.15) is 59.3 Å². The Morgan fingerprint density at radius 2 is 1.23 bits per heavy atom. The number of amides is 4. The Kier molecular flexibility index (Phi) is 11.7. The molecule has 62 heavy (non-hydrogen) atoms. The molecular formula is C48H44N6O6S2. The number of ether oxygens (including phenoxy) is 2. The molecule has 2 N–H and O–H groups in total. The van der Waals surface area contributed by atoms with Crippen molar-refractivity contribution in [3.05, 3.63) is 143 Å². The quantitative estimate of drug-likeness (QED) is 0.127. The molecule has 2 aromatic heterocycles. The van der Waals surface area contributed by atoms with E-state index in [9.17, 15) is 19.2 Å². The van der Waals surface area contributed by atoms with Crippen LogP contribution in [0.15, 0.2) is 132 Å². The van der Waals surface area contributed by atoms with E-state index in [2.05, 4.69) is 47.0 Å². The second kappa shape index (κ2) is 17.8. The van der Waals surface area contributed by atoms with Crippen molar-refractivity contribution >= 4 is 78.6 Å². The Morgan fingerprint density at radius 1 is 0.677 bits per heavy atom. The monoisotopic (exact) mass is 864 g/mol. The van der Waals surface area contributed by atoms with Crippen LogP contribution < -0.4 is 10.6 Å². The molecule has 0 unspecified atom stereocenters. The smallest absolute Gasteiger partial charge is 0.407 e. The maximum absolute atomic E-state index is 14.0. The minimum Gasteiger partial charge on any atom is -0.453 e. The summed E-state index contributed by atoms with van der Waals surface area (Å²) in [7, 11) is 2.58. The lowest BCUT2D eigenvalue weighted by Gasteiger charge is -2.29. The van der Waals surface area contributed by atoms with E-state index in [0.29, 0.717) is 37.1 Å². The highest BCUT2D eigenvalue weighted by Crippen LogP contribution is 2.43. The first-order valence-electron chi connectivity index (χ1n) is 20.5. The number of likely N-dealkylation sites (tertiary alicyclic amines) is 1. The normalized spacial score (nSPS) is 19.1. The van der Waals surface area contributed by atoms with Crippen LogP contribution in [0.25, 0.3) is 31.0 Å². The van der Waals surface area contributed by atoms with Gasteiger partial charge < -0.3 is 29.9 Å². The van der Waals surface area contributed by atoms with Crippen LogP contribution in [0.5, 0.6) is 0 Å². The van der Waals surface area contributed by atoms with Crippen molar-refractivity contribution < 1.29 is 28.7 Å². The van der Waals surface area contributed by atoms with Gasteiger partial charge in [-0.2, -0.15) is 0 Å². The van der Waals surface area contributed by atoms with Crippen molar-refractivity contribution in [1.29, 1.82) is 0 Å². The van der Waals surface area contributed by atoms with Crippen LogP contribution in [-0.2, 0) is 19.1 Å². The van der Waals surface area contributed by atoms with Crippen molar-refractivity contribution in [3.8, 4) is 10.4 Å². The molecule has 5 aromatic rings. The number of methoxy groups -OCH3 is 2. The molecule has 0 aliphatic carbocycles. The summed E-state index contributed by atoms with van der Waals surface area (Å²) in [6, 6.07) is 29.3. The molecule has 6 heterocycles. The highest BCUT2D eigenvalue weighted by Gasteiger charge is 2.39. The summed E-state index contributed by atoms with van der Waals surface area (Å²) >= 11 is 3.51. The van der Waals surface area contributed by atoms with Crippen LogP contribution in [0.4, 0.5) is 9.59 Å². The Bertz CT molecular complexity index is 2650. The van der Waals surface area contributed by atoms with Gasteiger partial charge in [0.2, 0.25) is 5.91 Å². The zero-order chi connectivity index (χ0) is 42.7. The van der Waals surface area contributed by atoms with Crippen molar-refractivity contribution in [2.75, 3.05) is 27.3 Å². The summed E-state index contributed by atoms with van der Waals surface area (Å²) < 4.78 is 12.1. The predicted molar refractivity (Wildman–Crippen MR) is 244 cm³/mol. The zero-order valence-electron chi connectivity index (χ0n) is 34.2. The van der Waals surface area contributed by atoms with Gasteiger partial charge in [-0.3, -0.25) is 19.6 Å². The highest BCUT2D eigenvalue weighted by molar-refractivity contribution is 7.30. The fourth-order valence-electron chi connectivity index (χ4n) is 8.56. The first-order valence-corrected chi connectivity index (χ1v) is 22.1. The molecule has 4 atom stereocenters. The standard InChI is InChI=1S/C48H44N6O6S2/c1-59-47(57)51-43(31-11-5-3-6-12-31)45(55)53-21-9-15-37(53)35-23-33(27-49-35)29-17-19-30(20-18-29)39-25-41-42(61-39)26-40(62-41)34-24-36(50-28-34)38-16-10-22-54(38)46(56)44(52-48(58)60-2)32-13-7-4-8-14-32/h3-8,10-14,16-20,25-28,37-38,43-44H,9,15,21-24H2,1-2H3,(H,51,57)(H,52,58)/t37-,38-,43+,44+/m0/s1. The van der Waals surface area contributed by atoms with E-state index in [0.717, 1.165) is 51.4 Å². The molecule has 12 nitrogen and oxygen atoms in total. The fourth-order valence-corrected chi connectivity index (χ4v) is 11.0. The molecule has 1 fully saturated rings. The molecule has 4 amide bonds. The number of allylic oxidation sites excluding steroid dienone is 2. The topological polar surface area (TPSA) is 142 Å². The van der Waals surface area contributed by atoms with Crippen LogP contribution in [0, 0.1) is 0 Å². The van der Waals surface area contributed by atoms with E-state index in [4.69, 9.17) is 19.5 Å². The van der Waals surface area contributed by atoms with Gasteiger partial charge in [-0.25, -0.2) is 9.59 Å². The fraction of sp³-hybridized carbons (Fsp3) is 0.250. The third kappa shape index (κ3) is 8.23. The van der Waals surface area contributed by atoms with Crippen LogP contribution in [0.3, 0.4) is 0 Å². The van der Waals surface area contributed by atoms with Crippen molar-refractivity contribution in [3.63, 3.8) is 0 Å². The molecule has 4 aliphatic rings. The minimum absolute atomic E-state index is 0.142. The Labute approximate surface area is 367 Å². The predicted octanol–water partition coefficient (Wildman–Crippen LogP) is 8.95. The average Bonchev–Trinajstić information content (AvgIpc) is 4.17. The number of nitrogens with one attached hydrogen (secondary N) is 2. The Balaban J connectivity index is 0.821. The second-order valence-electron chi connectivity index (χ2n) is 15.4. The maximum atomic E-state index is 14.0. The summed E-state index contributed by atoms with van der Waals surface area (Å²) in [6.07, 6.45) is 9.45. The lowest BCUT2D eigenvalue weighted by molar-refractivity contribution is -0.133. The summed E-state index contributed by atoms with van der Waals surface area (Å²) in [5.74, 6) is -0.394. The number of alkyl carbamates (subject to hydrolysis) is 2. The summed E-state index contributed by atoms with van der Waals surface area (Å²) in [5.41, 5.74) is 7.68. The second-order valence-corrected chi connectivity index (χ2v) is 17.6. The summed E-state index contributed by atoms with van der Waals surface area (Å²) in [4.78, 5) is 68.0. The number of benzene rings is 3. The number of nitrogens with zero attached hydrogens (tertiary/aromatic N) is 4. The molecule has 0 spiro atoms. The highest BCUT2D eigenvalue weighted by atomic mass is 32.1. The number of carbonyl (C=O) groups is 4. The van der Waals surface area contributed by atoms with E-state index >= 15 is 0 Å². The lowest BCUT2D eigenvalue weighted by atomic mass is 9.97. The zero-order valence-corrected chi connectivity index (χ0v) is 35.8. The molecule has 314 valence electrons. The number of hydrogen-bond donors (Lipinski definition) is 2. The third-order valence-electron chi connectivity index (χ3n) is 11.7. The molecular weight excluding hydrogens is 821 g/mol. The molecule has 0 radical (unpaired) electrons. The molecule has 0 saturated carbocycles. The first kappa shape index (κ1) is 40.7. The number of carbonyl (C=O) groups excluding carboxylic acids is 4. The largest absolute Gasteiger partial charge is 0.453 e. The number of aliphatic imine (C=N–C) groups is 2. The maximum Gasteiger partial charge on any atom is 0.407 e. The number of fused-ring (bicyclic) bond motifs is 1. The summed E-state index contributed by atoms with van der Waals surface area (Å²) in [6.45, 7) is 1.02. The van der Waals surface area contributed by atoms with Gasteiger partial charge in [0.25, 0.3) is 5.91 Å². The lowest BCUT2D eigenvalue weighted by Crippen LogP contribution is -2.47. The SMILES string of the molecule is COC(=O)N[C@@H](C(=O)N1CC=C[C@H]1C1=NC=C(c2cc3sc(-c4ccc(C5=CN=C([C@@H]6CCCN6C(=O)[C@H](NC(=O)OC)c6ccccc6)C5)cc4)cc3s2)C1)c1ccccc1. The van der Waals surface area contributed by atoms with Crippen LogP contribution in [0.2, 0.25) is 0 Å². The van der Waals surface area contributed by atoms with Gasteiger partial charge in [0.15, 0.2) is 0 Å². The molecule has 3 aromatic carbocycles. The van der Waals surface area contributed by atoms with Crippen molar-refractivity contribution in [1.82, 2.24) is 20.4 Å². The van der Waals surface area contributed by atoms with Gasteiger partial charge in [0.05, 0.1) is 26.3 Å². The van der Waals surface area contributed by atoms with E-state index in [-0.39, 0.29) is 23.9 Å². The Hall–Kier alpha value is -6.64. The molecule has 9 rings (SSSR count). The van der Waals surface area contributed by atoms with Gasteiger partial charge in [0.1, 0.15) is 12.1 Å². The number of thiophene rings is 2. The average molecular weight is 865 g/mol. The molecule has 1 saturated heterocycles. The van der Waals surface area contributed by atoms with Crippen LogP contribution in [-0.4, -0.2) is 84.6 Å². The minimum atomic E-state index is -0.887. The van der Waals surface area contributed by atoms with Gasteiger partial charge >= 0.3 is 12.2 Å². The van der Waals surface area contributed by atoms with E-state index in [1.54, 1.807) is 27.6 Å². The van der Waals surface area contributed by atoms with Gasteiger partial charge in [-0.1, -0.05) is 97.1 Å². The number of hydrogen-bond acceptors (Lipinski definition) is 10. The van der Waals surface area contributed by atoms with E-state index in [1.165, 1.54) is 28.5 Å². The third-order valence-corrected chi connectivity index (χ3v) is 14.2. The van der Waals surface area contributed by atoms with Gasteiger partial charge in [-0.05, 0) is 58.4 Å². The van der Waals surface area contributed by atoms with E-state index < -0.39 is 24.3 Å². The molecule has 14 heteroatoms. The van der Waals surface area contributed by atoms with Gasteiger partial charge in [0, 0.05) is 68.9 Å². The Morgan fingerprint density at radius 3 is 1.87 bits per heavy atom. The van der Waals surface area contributed by atoms with E-state index in [1.807, 2.05) is 90.1 Å². The van der Waals surface area contributed by atoms with Crippen LogP contribution >= 0.6 is 22.7 Å². The van der Waals surface area contributed by atoms with Crippen molar-refractivity contribution in [2.24, 2.45) is 9.98 Å².